The van der Waals surface area contributed by atoms with Crippen LogP contribution >= 0.6 is 0 Å². The zero-order chi connectivity index (χ0) is 19.1. The summed E-state index contributed by atoms with van der Waals surface area (Å²) >= 11 is 0. The van der Waals surface area contributed by atoms with Gasteiger partial charge in [0, 0.05) is 26.4 Å². The highest BCUT2D eigenvalue weighted by Gasteiger charge is 2.15. The summed E-state index contributed by atoms with van der Waals surface area (Å²) < 4.78 is 7.21. The molecule has 0 aliphatic carbocycles. The number of benzene rings is 1. The highest BCUT2D eigenvalue weighted by Crippen LogP contribution is 2.14. The molecule has 0 radical (unpaired) electrons. The van der Waals surface area contributed by atoms with Crippen molar-refractivity contribution in [2.45, 2.75) is 46.3 Å². The van der Waals surface area contributed by atoms with Gasteiger partial charge in [0.15, 0.2) is 0 Å². The van der Waals surface area contributed by atoms with Crippen LogP contribution in [0.3, 0.4) is 0 Å². The average molecular weight is 360 g/mol. The van der Waals surface area contributed by atoms with Crippen LogP contribution in [0.5, 0.6) is 5.75 Å². The van der Waals surface area contributed by atoms with Gasteiger partial charge in [-0.3, -0.25) is 4.79 Å². The van der Waals surface area contributed by atoms with E-state index in [0.29, 0.717) is 18.9 Å². The fraction of sp³-hybridized carbons (Fsp3) is 0.444. The summed E-state index contributed by atoms with van der Waals surface area (Å²) in [5.74, 6) is 1.05. The lowest BCUT2D eigenvalue weighted by molar-refractivity contribution is -0.389. The summed E-state index contributed by atoms with van der Waals surface area (Å²) in [5.41, 5.74) is 1.11. The summed E-state index contributed by atoms with van der Waals surface area (Å²) in [6, 6.07) is 7.81. The van der Waals surface area contributed by atoms with Gasteiger partial charge in [-0.2, -0.15) is 0 Å². The lowest BCUT2D eigenvalue weighted by Gasteiger charge is -2.10. The summed E-state index contributed by atoms with van der Waals surface area (Å²) in [7, 11) is 0. The fourth-order valence-corrected chi connectivity index (χ4v) is 2.47. The Bertz CT molecular complexity index is 753. The van der Waals surface area contributed by atoms with Crippen molar-refractivity contribution in [1.29, 1.82) is 0 Å². The minimum Gasteiger partial charge on any atom is -0.491 e. The van der Waals surface area contributed by atoms with Crippen molar-refractivity contribution >= 4 is 11.7 Å². The van der Waals surface area contributed by atoms with Crippen LogP contribution in [-0.4, -0.2) is 33.0 Å². The summed E-state index contributed by atoms with van der Waals surface area (Å²) in [6.07, 6.45) is 2.46. The molecule has 2 rings (SSSR count). The number of hydrogen-bond donors (Lipinski definition) is 1. The van der Waals surface area contributed by atoms with E-state index in [1.807, 2.05) is 38.1 Å². The number of carbonyl (C=O) groups excluding carboxylic acids is 1. The molecule has 1 N–H and O–H groups in total. The van der Waals surface area contributed by atoms with E-state index in [1.165, 1.54) is 6.20 Å². The lowest BCUT2D eigenvalue weighted by Crippen LogP contribution is -2.26. The number of aromatic nitrogens is 2. The van der Waals surface area contributed by atoms with Crippen molar-refractivity contribution in [1.82, 2.24) is 14.9 Å². The molecule has 0 spiro atoms. The second-order valence-corrected chi connectivity index (χ2v) is 6.26. The molecule has 1 heterocycles. The molecule has 26 heavy (non-hydrogen) atoms. The number of imidazole rings is 1. The van der Waals surface area contributed by atoms with Crippen LogP contribution in [0.25, 0.3) is 0 Å². The number of aryl methyl sites for hydroxylation is 2. The number of nitrogens with zero attached hydrogens (tertiary/aromatic N) is 3. The van der Waals surface area contributed by atoms with Gasteiger partial charge < -0.3 is 24.7 Å². The molecule has 0 saturated heterocycles. The standard InChI is InChI=1S/C18H24N4O4/c1-13(2)26-16-6-4-15(5-7-16)8-10-19-18(23)9-11-21-12-17(22(24)25)20-14(21)3/h4-7,12-13H,8-11H2,1-3H3,(H,19,23). The van der Waals surface area contributed by atoms with Crippen molar-refractivity contribution in [2.24, 2.45) is 0 Å². The molecule has 1 aromatic heterocycles. The molecular formula is C18H24N4O4. The predicted molar refractivity (Wildman–Crippen MR) is 97.2 cm³/mol. The van der Waals surface area contributed by atoms with E-state index in [0.717, 1.165) is 17.7 Å². The Labute approximate surface area is 152 Å². The first-order chi connectivity index (χ1) is 12.3. The third kappa shape index (κ3) is 5.87. The van der Waals surface area contributed by atoms with Crippen molar-refractivity contribution in [2.75, 3.05) is 6.54 Å². The molecule has 2 aromatic rings. The third-order valence-corrected chi connectivity index (χ3v) is 3.76. The van der Waals surface area contributed by atoms with Crippen LogP contribution < -0.4 is 10.1 Å². The van der Waals surface area contributed by atoms with Crippen molar-refractivity contribution in [3.8, 4) is 5.75 Å². The Morgan fingerprint density at radius 1 is 1.35 bits per heavy atom. The molecule has 8 heteroatoms. The van der Waals surface area contributed by atoms with E-state index in [1.54, 1.807) is 11.5 Å². The Morgan fingerprint density at radius 3 is 2.62 bits per heavy atom. The van der Waals surface area contributed by atoms with E-state index in [9.17, 15) is 14.9 Å². The summed E-state index contributed by atoms with van der Waals surface area (Å²) in [4.78, 5) is 25.9. The van der Waals surface area contributed by atoms with Crippen LogP contribution in [-0.2, 0) is 17.8 Å². The monoisotopic (exact) mass is 360 g/mol. The zero-order valence-electron chi connectivity index (χ0n) is 15.3. The maximum absolute atomic E-state index is 11.9. The number of carbonyl (C=O) groups is 1. The van der Waals surface area contributed by atoms with Crippen LogP contribution in [0.15, 0.2) is 30.5 Å². The number of nitro groups is 1. The van der Waals surface area contributed by atoms with E-state index in [2.05, 4.69) is 10.3 Å². The molecule has 0 fully saturated rings. The molecule has 1 aromatic carbocycles. The van der Waals surface area contributed by atoms with Crippen LogP contribution in [0.1, 0.15) is 31.7 Å². The van der Waals surface area contributed by atoms with Gasteiger partial charge >= 0.3 is 5.82 Å². The Balaban J connectivity index is 1.73. The molecule has 0 aliphatic heterocycles. The highest BCUT2D eigenvalue weighted by atomic mass is 16.6. The number of rotatable bonds is 9. The fourth-order valence-electron chi connectivity index (χ4n) is 2.47. The average Bonchev–Trinajstić information content (AvgIpc) is 2.95. The van der Waals surface area contributed by atoms with Crippen molar-refractivity contribution in [3.63, 3.8) is 0 Å². The first kappa shape index (κ1) is 19.4. The van der Waals surface area contributed by atoms with Crippen LogP contribution in [0.4, 0.5) is 5.82 Å². The summed E-state index contributed by atoms with van der Waals surface area (Å²) in [5, 5.41) is 13.6. The van der Waals surface area contributed by atoms with Crippen molar-refractivity contribution in [3.05, 3.63) is 52.0 Å². The van der Waals surface area contributed by atoms with Gasteiger partial charge in [-0.1, -0.05) is 12.1 Å². The Morgan fingerprint density at radius 2 is 2.04 bits per heavy atom. The molecule has 0 saturated carbocycles. The maximum Gasteiger partial charge on any atom is 0.381 e. The molecule has 8 nitrogen and oxygen atoms in total. The van der Waals surface area contributed by atoms with Gasteiger partial charge in [0.1, 0.15) is 11.9 Å². The van der Waals surface area contributed by atoms with E-state index < -0.39 is 4.92 Å². The Kier molecular flexibility index (Phi) is 6.71. The van der Waals surface area contributed by atoms with E-state index in [-0.39, 0.29) is 24.2 Å². The zero-order valence-corrected chi connectivity index (χ0v) is 15.3. The minimum atomic E-state index is -0.541. The molecule has 0 atom stereocenters. The normalized spacial score (nSPS) is 10.8. The van der Waals surface area contributed by atoms with E-state index >= 15 is 0 Å². The van der Waals surface area contributed by atoms with Gasteiger partial charge in [-0.05, 0) is 47.9 Å². The number of amides is 1. The molecular weight excluding hydrogens is 336 g/mol. The number of nitrogens with one attached hydrogen (secondary N) is 1. The molecule has 1 amide bonds. The summed E-state index contributed by atoms with van der Waals surface area (Å²) in [6.45, 7) is 6.53. The minimum absolute atomic E-state index is 0.0967. The highest BCUT2D eigenvalue weighted by molar-refractivity contribution is 5.75. The van der Waals surface area contributed by atoms with Gasteiger partial charge in [-0.25, -0.2) is 0 Å². The van der Waals surface area contributed by atoms with Gasteiger partial charge in [0.25, 0.3) is 0 Å². The SMILES string of the molecule is Cc1nc([N+](=O)[O-])cn1CCC(=O)NCCc1ccc(OC(C)C)cc1. The van der Waals surface area contributed by atoms with Crippen LogP contribution in [0, 0.1) is 17.0 Å². The molecule has 140 valence electrons. The van der Waals surface area contributed by atoms with Gasteiger partial charge in [0.05, 0.1) is 6.10 Å². The Hall–Kier alpha value is -2.90. The van der Waals surface area contributed by atoms with Crippen LogP contribution in [0.2, 0.25) is 0 Å². The van der Waals surface area contributed by atoms with Gasteiger partial charge in [-0.15, -0.1) is 0 Å². The first-order valence-electron chi connectivity index (χ1n) is 8.55. The second-order valence-electron chi connectivity index (χ2n) is 6.26. The second kappa shape index (κ2) is 8.98. The predicted octanol–water partition coefficient (Wildman–Crippen LogP) is 2.64. The topological polar surface area (TPSA) is 99.3 Å². The smallest absolute Gasteiger partial charge is 0.381 e. The number of hydrogen-bond acceptors (Lipinski definition) is 5. The third-order valence-electron chi connectivity index (χ3n) is 3.76. The maximum atomic E-state index is 11.9. The van der Waals surface area contributed by atoms with Crippen molar-refractivity contribution < 1.29 is 14.5 Å². The lowest BCUT2D eigenvalue weighted by atomic mass is 10.1. The van der Waals surface area contributed by atoms with Gasteiger partial charge in [0.2, 0.25) is 11.7 Å². The quantitative estimate of drug-likeness (QED) is 0.547. The first-order valence-corrected chi connectivity index (χ1v) is 8.55. The number of ether oxygens (including phenoxy) is 1. The van der Waals surface area contributed by atoms with E-state index in [4.69, 9.17) is 4.74 Å². The molecule has 0 unspecified atom stereocenters. The molecule has 0 bridgehead atoms. The largest absolute Gasteiger partial charge is 0.491 e. The molecule has 0 aliphatic rings.